The Kier molecular flexibility index (Phi) is 4.44. The van der Waals surface area contributed by atoms with Gasteiger partial charge in [0.15, 0.2) is 0 Å². The number of carbonyl (C=O) groups excluding carboxylic acids is 1. The standard InChI is InChI=1S/C12H10N4O3/c1-7(11(17)18)15-12(19)16-10-3-2-8(5-13)9(4-10)6-14/h2-4,7H,1H3,(H,17,18)(H2,15,16,19)/t7-/m1/s1. The number of carboxylic acid groups (broad SMARTS) is 1. The monoisotopic (exact) mass is 258 g/mol. The fraction of sp³-hybridized carbons (Fsp3) is 0.167. The van der Waals surface area contributed by atoms with Crippen LogP contribution in [-0.4, -0.2) is 23.1 Å². The fourth-order valence-corrected chi connectivity index (χ4v) is 1.24. The number of nitrogens with zero attached hydrogens (tertiary/aromatic N) is 2. The fourth-order valence-electron chi connectivity index (χ4n) is 1.24. The lowest BCUT2D eigenvalue weighted by atomic mass is 10.1. The molecule has 0 spiro atoms. The van der Waals surface area contributed by atoms with Crippen molar-refractivity contribution in [3.8, 4) is 12.1 Å². The minimum absolute atomic E-state index is 0.131. The van der Waals surface area contributed by atoms with E-state index in [4.69, 9.17) is 15.6 Å². The highest BCUT2D eigenvalue weighted by molar-refractivity contribution is 5.92. The van der Waals surface area contributed by atoms with E-state index in [2.05, 4.69) is 10.6 Å². The number of benzene rings is 1. The normalized spacial score (nSPS) is 10.7. The second-order valence-electron chi connectivity index (χ2n) is 3.64. The van der Waals surface area contributed by atoms with Gasteiger partial charge < -0.3 is 15.7 Å². The lowest BCUT2D eigenvalue weighted by Gasteiger charge is -2.11. The molecule has 19 heavy (non-hydrogen) atoms. The molecule has 1 atom stereocenters. The van der Waals surface area contributed by atoms with E-state index in [0.717, 1.165) is 0 Å². The number of carbonyl (C=O) groups is 2. The smallest absolute Gasteiger partial charge is 0.325 e. The highest BCUT2D eigenvalue weighted by Gasteiger charge is 2.14. The second-order valence-corrected chi connectivity index (χ2v) is 3.64. The Hall–Kier alpha value is -3.06. The Morgan fingerprint density at radius 1 is 1.26 bits per heavy atom. The van der Waals surface area contributed by atoms with E-state index in [1.165, 1.54) is 25.1 Å². The molecule has 0 aliphatic carbocycles. The number of carboxylic acids is 1. The number of aliphatic carboxylic acids is 1. The number of hydrogen-bond donors (Lipinski definition) is 3. The summed E-state index contributed by atoms with van der Waals surface area (Å²) in [5.41, 5.74) is 0.629. The molecule has 1 rings (SSSR count). The average molecular weight is 258 g/mol. The third-order valence-electron chi connectivity index (χ3n) is 2.24. The van der Waals surface area contributed by atoms with E-state index in [1.807, 2.05) is 12.1 Å². The quantitative estimate of drug-likeness (QED) is 0.746. The third-order valence-corrected chi connectivity index (χ3v) is 2.24. The summed E-state index contributed by atoms with van der Waals surface area (Å²) < 4.78 is 0. The van der Waals surface area contributed by atoms with Crippen molar-refractivity contribution in [1.29, 1.82) is 10.5 Å². The summed E-state index contributed by atoms with van der Waals surface area (Å²) in [6, 6.07) is 6.12. The van der Waals surface area contributed by atoms with Crippen LogP contribution >= 0.6 is 0 Å². The topological polar surface area (TPSA) is 126 Å². The molecule has 3 N–H and O–H groups in total. The highest BCUT2D eigenvalue weighted by Crippen LogP contribution is 2.14. The molecule has 0 saturated carbocycles. The zero-order valence-corrected chi connectivity index (χ0v) is 9.97. The molecule has 0 heterocycles. The van der Waals surface area contributed by atoms with Crippen LogP contribution in [0.5, 0.6) is 0 Å². The summed E-state index contributed by atoms with van der Waals surface area (Å²) in [6.07, 6.45) is 0. The maximum atomic E-state index is 11.4. The molecule has 7 nitrogen and oxygen atoms in total. The van der Waals surface area contributed by atoms with Gasteiger partial charge in [-0.05, 0) is 25.1 Å². The molecule has 7 heteroatoms. The molecule has 0 aromatic heterocycles. The molecule has 2 amide bonds. The highest BCUT2D eigenvalue weighted by atomic mass is 16.4. The average Bonchev–Trinajstić information content (AvgIpc) is 2.38. The minimum Gasteiger partial charge on any atom is -0.480 e. The molecule has 0 aliphatic heterocycles. The number of nitriles is 2. The third kappa shape index (κ3) is 3.72. The summed E-state index contributed by atoms with van der Waals surface area (Å²) in [7, 11) is 0. The van der Waals surface area contributed by atoms with Crippen LogP contribution in [0.15, 0.2) is 18.2 Å². The van der Waals surface area contributed by atoms with Gasteiger partial charge in [0.05, 0.1) is 11.1 Å². The van der Waals surface area contributed by atoms with E-state index >= 15 is 0 Å². The Labute approximate surface area is 109 Å². The number of rotatable bonds is 3. The van der Waals surface area contributed by atoms with Crippen LogP contribution in [0.4, 0.5) is 10.5 Å². The zero-order valence-electron chi connectivity index (χ0n) is 9.97. The SMILES string of the molecule is C[C@@H](NC(=O)Nc1ccc(C#N)c(C#N)c1)C(=O)O. The molecular formula is C12H10N4O3. The molecule has 0 aliphatic rings. The molecule has 0 saturated heterocycles. The first-order valence-electron chi connectivity index (χ1n) is 5.22. The predicted octanol–water partition coefficient (Wildman–Crippen LogP) is 1.02. The minimum atomic E-state index is -1.16. The van der Waals surface area contributed by atoms with Crippen molar-refractivity contribution >= 4 is 17.7 Å². The van der Waals surface area contributed by atoms with Crippen molar-refractivity contribution in [2.45, 2.75) is 13.0 Å². The molecule has 0 fully saturated rings. The van der Waals surface area contributed by atoms with Crippen LogP contribution in [0.25, 0.3) is 0 Å². The zero-order chi connectivity index (χ0) is 14.4. The van der Waals surface area contributed by atoms with Gasteiger partial charge in [-0.25, -0.2) is 4.79 Å². The summed E-state index contributed by atoms with van der Waals surface area (Å²) in [5.74, 6) is -1.16. The first kappa shape index (κ1) is 14.0. The van der Waals surface area contributed by atoms with Crippen LogP contribution < -0.4 is 10.6 Å². The van der Waals surface area contributed by atoms with E-state index < -0.39 is 18.0 Å². The van der Waals surface area contributed by atoms with Crippen LogP contribution in [0, 0.1) is 22.7 Å². The Morgan fingerprint density at radius 2 is 1.89 bits per heavy atom. The van der Waals surface area contributed by atoms with Gasteiger partial charge in [0.25, 0.3) is 0 Å². The van der Waals surface area contributed by atoms with Crippen LogP contribution in [0.1, 0.15) is 18.1 Å². The van der Waals surface area contributed by atoms with Crippen molar-refractivity contribution in [3.63, 3.8) is 0 Å². The maximum absolute atomic E-state index is 11.4. The first-order chi connectivity index (χ1) is 8.97. The Morgan fingerprint density at radius 3 is 2.42 bits per heavy atom. The van der Waals surface area contributed by atoms with E-state index in [1.54, 1.807) is 0 Å². The Bertz CT molecular complexity index is 598. The lowest BCUT2D eigenvalue weighted by molar-refractivity contribution is -0.138. The van der Waals surface area contributed by atoms with E-state index in [9.17, 15) is 9.59 Å². The van der Waals surface area contributed by atoms with Crippen molar-refractivity contribution in [2.75, 3.05) is 5.32 Å². The summed E-state index contributed by atoms with van der Waals surface area (Å²) in [5, 5.41) is 30.8. The van der Waals surface area contributed by atoms with Crippen LogP contribution in [-0.2, 0) is 4.79 Å². The van der Waals surface area contributed by atoms with Gasteiger partial charge in [0, 0.05) is 5.69 Å². The Balaban J connectivity index is 2.79. The van der Waals surface area contributed by atoms with Gasteiger partial charge in [0.2, 0.25) is 0 Å². The molecular weight excluding hydrogens is 248 g/mol. The van der Waals surface area contributed by atoms with E-state index in [-0.39, 0.29) is 11.1 Å². The van der Waals surface area contributed by atoms with Gasteiger partial charge in [-0.3, -0.25) is 4.79 Å². The van der Waals surface area contributed by atoms with Crippen LogP contribution in [0.2, 0.25) is 0 Å². The van der Waals surface area contributed by atoms with Gasteiger partial charge in [-0.15, -0.1) is 0 Å². The van der Waals surface area contributed by atoms with Gasteiger partial charge >= 0.3 is 12.0 Å². The number of anilines is 1. The van der Waals surface area contributed by atoms with Gasteiger partial charge in [-0.1, -0.05) is 0 Å². The maximum Gasteiger partial charge on any atom is 0.325 e. The summed E-state index contributed by atoms with van der Waals surface area (Å²) in [4.78, 5) is 22.0. The molecule has 0 bridgehead atoms. The molecule has 0 radical (unpaired) electrons. The number of urea groups is 1. The van der Waals surface area contributed by atoms with Gasteiger partial charge in [0.1, 0.15) is 18.2 Å². The molecule has 1 aromatic carbocycles. The number of hydrogen-bond acceptors (Lipinski definition) is 4. The summed E-state index contributed by atoms with van der Waals surface area (Å²) in [6.45, 7) is 1.32. The van der Waals surface area contributed by atoms with Crippen molar-refractivity contribution in [3.05, 3.63) is 29.3 Å². The van der Waals surface area contributed by atoms with Crippen molar-refractivity contribution in [1.82, 2.24) is 5.32 Å². The number of nitrogens with one attached hydrogen (secondary N) is 2. The largest absolute Gasteiger partial charge is 0.480 e. The number of amides is 2. The predicted molar refractivity (Wildman–Crippen MR) is 65.1 cm³/mol. The van der Waals surface area contributed by atoms with Gasteiger partial charge in [-0.2, -0.15) is 10.5 Å². The summed E-state index contributed by atoms with van der Waals surface area (Å²) >= 11 is 0. The lowest BCUT2D eigenvalue weighted by Crippen LogP contribution is -2.40. The van der Waals surface area contributed by atoms with Crippen molar-refractivity contribution < 1.29 is 14.7 Å². The first-order valence-corrected chi connectivity index (χ1v) is 5.22. The molecule has 1 aromatic rings. The molecule has 0 unspecified atom stereocenters. The van der Waals surface area contributed by atoms with Crippen LogP contribution in [0.3, 0.4) is 0 Å². The van der Waals surface area contributed by atoms with E-state index in [0.29, 0.717) is 5.69 Å². The molecule has 96 valence electrons. The van der Waals surface area contributed by atoms with Crippen molar-refractivity contribution in [2.24, 2.45) is 0 Å². The second kappa shape index (κ2) is 6.03.